The number of carbonyl (C=O) groups excluding carboxylic acids is 1. The standard InChI is InChI=1S/C21H27NO3/c1-4-5-14-24-20-9-7-6-8-19(20)21(23)22-15-17-10-12-18(13-11-17)25-16(2)3/h6-13,16H,4-5,14-15H2,1-3H3,(H,22,23). The van der Waals surface area contributed by atoms with Gasteiger partial charge < -0.3 is 14.8 Å². The van der Waals surface area contributed by atoms with Crippen molar-refractivity contribution in [1.29, 1.82) is 0 Å². The van der Waals surface area contributed by atoms with Crippen LogP contribution in [0.3, 0.4) is 0 Å². The molecule has 2 aromatic rings. The fourth-order valence-electron chi connectivity index (χ4n) is 2.34. The van der Waals surface area contributed by atoms with Crippen LogP contribution < -0.4 is 14.8 Å². The van der Waals surface area contributed by atoms with Gasteiger partial charge >= 0.3 is 0 Å². The molecule has 1 N–H and O–H groups in total. The van der Waals surface area contributed by atoms with Gasteiger partial charge in [0.1, 0.15) is 11.5 Å². The molecule has 0 aromatic heterocycles. The van der Waals surface area contributed by atoms with Crippen LogP contribution in [0.4, 0.5) is 0 Å². The second-order valence-corrected chi connectivity index (χ2v) is 6.19. The first-order chi connectivity index (χ1) is 12.1. The zero-order valence-corrected chi connectivity index (χ0v) is 15.2. The van der Waals surface area contributed by atoms with Crippen molar-refractivity contribution in [3.63, 3.8) is 0 Å². The van der Waals surface area contributed by atoms with Crippen LogP contribution in [0.1, 0.15) is 49.5 Å². The fourth-order valence-corrected chi connectivity index (χ4v) is 2.34. The summed E-state index contributed by atoms with van der Waals surface area (Å²) < 4.78 is 11.3. The van der Waals surface area contributed by atoms with Crippen molar-refractivity contribution in [1.82, 2.24) is 5.32 Å². The maximum atomic E-state index is 12.5. The molecule has 0 spiro atoms. The minimum atomic E-state index is -0.130. The highest BCUT2D eigenvalue weighted by molar-refractivity contribution is 5.96. The van der Waals surface area contributed by atoms with Gasteiger partial charge in [0.05, 0.1) is 18.3 Å². The summed E-state index contributed by atoms with van der Waals surface area (Å²) in [5.41, 5.74) is 1.59. The Labute approximate surface area is 150 Å². The van der Waals surface area contributed by atoms with Crippen molar-refractivity contribution in [3.8, 4) is 11.5 Å². The third-order valence-electron chi connectivity index (χ3n) is 3.64. The Bertz CT molecular complexity index is 665. The lowest BCUT2D eigenvalue weighted by molar-refractivity contribution is 0.0946. The number of amides is 1. The Morgan fingerprint density at radius 2 is 1.80 bits per heavy atom. The summed E-state index contributed by atoms with van der Waals surface area (Å²) in [4.78, 5) is 12.5. The second kappa shape index (κ2) is 9.72. The SMILES string of the molecule is CCCCOc1ccccc1C(=O)NCc1ccc(OC(C)C)cc1. The van der Waals surface area contributed by atoms with Crippen LogP contribution in [0.25, 0.3) is 0 Å². The molecule has 1 amide bonds. The number of ether oxygens (including phenoxy) is 2. The number of hydrogen-bond acceptors (Lipinski definition) is 3. The molecule has 0 saturated heterocycles. The van der Waals surface area contributed by atoms with E-state index in [-0.39, 0.29) is 12.0 Å². The molecule has 0 atom stereocenters. The first kappa shape index (κ1) is 18.8. The van der Waals surface area contributed by atoms with E-state index in [1.54, 1.807) is 6.07 Å². The van der Waals surface area contributed by atoms with E-state index in [0.29, 0.717) is 24.5 Å². The first-order valence-electron chi connectivity index (χ1n) is 8.85. The van der Waals surface area contributed by atoms with E-state index in [4.69, 9.17) is 9.47 Å². The predicted molar refractivity (Wildman–Crippen MR) is 100 cm³/mol. The van der Waals surface area contributed by atoms with Crippen LogP contribution in [0, 0.1) is 0 Å². The summed E-state index contributed by atoms with van der Waals surface area (Å²) in [5.74, 6) is 1.34. The Kier molecular flexibility index (Phi) is 7.33. The third-order valence-corrected chi connectivity index (χ3v) is 3.64. The van der Waals surface area contributed by atoms with E-state index in [2.05, 4.69) is 12.2 Å². The van der Waals surface area contributed by atoms with E-state index < -0.39 is 0 Å². The summed E-state index contributed by atoms with van der Waals surface area (Å²) >= 11 is 0. The molecule has 2 aromatic carbocycles. The smallest absolute Gasteiger partial charge is 0.255 e. The van der Waals surface area contributed by atoms with Gasteiger partial charge in [-0.15, -0.1) is 0 Å². The van der Waals surface area contributed by atoms with Gasteiger partial charge in [0.15, 0.2) is 0 Å². The lowest BCUT2D eigenvalue weighted by Gasteiger charge is -2.12. The lowest BCUT2D eigenvalue weighted by atomic mass is 10.1. The lowest BCUT2D eigenvalue weighted by Crippen LogP contribution is -2.23. The summed E-state index contributed by atoms with van der Waals surface area (Å²) in [6, 6.07) is 15.1. The molecule has 0 heterocycles. The fraction of sp³-hybridized carbons (Fsp3) is 0.381. The Morgan fingerprint density at radius 3 is 2.48 bits per heavy atom. The van der Waals surface area contributed by atoms with Gasteiger partial charge in [-0.1, -0.05) is 37.6 Å². The molecule has 0 aliphatic carbocycles. The second-order valence-electron chi connectivity index (χ2n) is 6.19. The molecule has 0 aliphatic heterocycles. The van der Waals surface area contributed by atoms with Crippen molar-refractivity contribution in [3.05, 3.63) is 59.7 Å². The van der Waals surface area contributed by atoms with Crippen LogP contribution >= 0.6 is 0 Å². The largest absolute Gasteiger partial charge is 0.493 e. The van der Waals surface area contributed by atoms with Crippen molar-refractivity contribution in [2.45, 2.75) is 46.3 Å². The van der Waals surface area contributed by atoms with Crippen LogP contribution in [0.5, 0.6) is 11.5 Å². The quantitative estimate of drug-likeness (QED) is 0.679. The Balaban J connectivity index is 1.93. The molecule has 2 rings (SSSR count). The molecule has 0 bridgehead atoms. The van der Waals surface area contributed by atoms with Gasteiger partial charge in [-0.3, -0.25) is 4.79 Å². The normalized spacial score (nSPS) is 10.6. The number of para-hydroxylation sites is 1. The zero-order chi connectivity index (χ0) is 18.1. The van der Waals surface area contributed by atoms with Gasteiger partial charge in [0.2, 0.25) is 0 Å². The average molecular weight is 341 g/mol. The van der Waals surface area contributed by atoms with E-state index in [9.17, 15) is 4.79 Å². The van der Waals surface area contributed by atoms with Gasteiger partial charge in [0, 0.05) is 6.54 Å². The van der Waals surface area contributed by atoms with Crippen LogP contribution in [-0.2, 0) is 6.54 Å². The number of hydrogen-bond donors (Lipinski definition) is 1. The number of nitrogens with one attached hydrogen (secondary N) is 1. The summed E-state index contributed by atoms with van der Waals surface area (Å²) in [6.07, 6.45) is 2.18. The molecule has 134 valence electrons. The zero-order valence-electron chi connectivity index (χ0n) is 15.2. The van der Waals surface area contributed by atoms with Crippen LogP contribution in [0.15, 0.2) is 48.5 Å². The third kappa shape index (κ3) is 6.14. The molecule has 0 saturated carbocycles. The molecular weight excluding hydrogens is 314 g/mol. The van der Waals surface area contributed by atoms with Gasteiger partial charge in [-0.25, -0.2) is 0 Å². The van der Waals surface area contributed by atoms with Crippen molar-refractivity contribution >= 4 is 5.91 Å². The summed E-state index contributed by atoms with van der Waals surface area (Å²) in [6.45, 7) is 7.18. The molecule has 0 fully saturated rings. The maximum absolute atomic E-state index is 12.5. The Hall–Kier alpha value is -2.49. The van der Waals surface area contributed by atoms with Gasteiger partial charge in [-0.05, 0) is 50.1 Å². The average Bonchev–Trinajstić information content (AvgIpc) is 2.61. The summed E-state index contributed by atoms with van der Waals surface area (Å²) in [5, 5.41) is 2.95. The Morgan fingerprint density at radius 1 is 1.08 bits per heavy atom. The van der Waals surface area contributed by atoms with Crippen LogP contribution in [-0.4, -0.2) is 18.6 Å². The number of carbonyl (C=O) groups is 1. The minimum absolute atomic E-state index is 0.130. The van der Waals surface area contributed by atoms with E-state index >= 15 is 0 Å². The topological polar surface area (TPSA) is 47.6 Å². The van der Waals surface area contributed by atoms with E-state index in [0.717, 1.165) is 24.2 Å². The van der Waals surface area contributed by atoms with E-state index in [1.165, 1.54) is 0 Å². The van der Waals surface area contributed by atoms with Gasteiger partial charge in [0.25, 0.3) is 5.91 Å². The molecular formula is C21H27NO3. The molecule has 4 heteroatoms. The number of benzene rings is 2. The minimum Gasteiger partial charge on any atom is -0.493 e. The molecule has 0 radical (unpaired) electrons. The van der Waals surface area contributed by atoms with Crippen molar-refractivity contribution in [2.24, 2.45) is 0 Å². The molecule has 25 heavy (non-hydrogen) atoms. The van der Waals surface area contributed by atoms with E-state index in [1.807, 2.05) is 56.3 Å². The monoisotopic (exact) mass is 341 g/mol. The number of rotatable bonds is 9. The van der Waals surface area contributed by atoms with Gasteiger partial charge in [-0.2, -0.15) is 0 Å². The summed E-state index contributed by atoms with van der Waals surface area (Å²) in [7, 11) is 0. The maximum Gasteiger partial charge on any atom is 0.255 e. The predicted octanol–water partition coefficient (Wildman–Crippen LogP) is 4.58. The molecule has 0 unspecified atom stereocenters. The molecule has 0 aliphatic rings. The van der Waals surface area contributed by atoms with Crippen molar-refractivity contribution in [2.75, 3.05) is 6.61 Å². The highest BCUT2D eigenvalue weighted by atomic mass is 16.5. The van der Waals surface area contributed by atoms with Crippen LogP contribution in [0.2, 0.25) is 0 Å². The van der Waals surface area contributed by atoms with Crippen molar-refractivity contribution < 1.29 is 14.3 Å². The highest BCUT2D eigenvalue weighted by Crippen LogP contribution is 2.19. The molecule has 4 nitrogen and oxygen atoms in total. The highest BCUT2D eigenvalue weighted by Gasteiger charge is 2.11. The number of unbranched alkanes of at least 4 members (excludes halogenated alkanes) is 1. The first-order valence-corrected chi connectivity index (χ1v) is 8.85.